The molecule has 0 aromatic heterocycles. The molecule has 1 rings (SSSR count). The van der Waals surface area contributed by atoms with E-state index in [4.69, 9.17) is 10.5 Å². The van der Waals surface area contributed by atoms with Crippen molar-refractivity contribution in [3.05, 3.63) is 42.2 Å². The summed E-state index contributed by atoms with van der Waals surface area (Å²) in [5, 5.41) is 0. The summed E-state index contributed by atoms with van der Waals surface area (Å²) in [4.78, 5) is 0. The fourth-order valence-corrected chi connectivity index (χ4v) is 1.35. The van der Waals surface area contributed by atoms with Gasteiger partial charge in [0, 0.05) is 11.6 Å². The van der Waals surface area contributed by atoms with E-state index in [1.54, 1.807) is 18.2 Å². The summed E-state index contributed by atoms with van der Waals surface area (Å²) in [6, 6.07) is 4.27. The normalized spacial score (nSPS) is 12.2. The zero-order chi connectivity index (χ0) is 10.6. The molecule has 1 aromatic carbocycles. The second kappa shape index (κ2) is 4.77. The molecule has 0 heterocycles. The van der Waals surface area contributed by atoms with Crippen LogP contribution in [0.3, 0.4) is 0 Å². The Morgan fingerprint density at radius 1 is 1.64 bits per heavy atom. The maximum Gasteiger partial charge on any atom is 0.131 e. The van der Waals surface area contributed by atoms with Gasteiger partial charge in [0.05, 0.1) is 7.11 Å². The molecule has 0 radical (unpaired) electrons. The zero-order valence-electron chi connectivity index (χ0n) is 8.16. The van der Waals surface area contributed by atoms with Gasteiger partial charge in [0.25, 0.3) is 0 Å². The van der Waals surface area contributed by atoms with E-state index in [0.717, 1.165) is 0 Å². The first-order valence-electron chi connectivity index (χ1n) is 4.39. The van der Waals surface area contributed by atoms with Crippen molar-refractivity contribution in [1.29, 1.82) is 0 Å². The fourth-order valence-electron chi connectivity index (χ4n) is 1.35. The van der Waals surface area contributed by atoms with E-state index in [1.807, 2.05) is 0 Å². The van der Waals surface area contributed by atoms with E-state index in [1.165, 1.54) is 13.2 Å². The molecule has 14 heavy (non-hydrogen) atoms. The van der Waals surface area contributed by atoms with Gasteiger partial charge in [-0.05, 0) is 18.6 Å². The Morgan fingerprint density at radius 3 is 2.93 bits per heavy atom. The predicted molar refractivity (Wildman–Crippen MR) is 54.7 cm³/mol. The molecule has 0 unspecified atom stereocenters. The molecule has 0 aliphatic heterocycles. The van der Waals surface area contributed by atoms with E-state index in [0.29, 0.717) is 17.7 Å². The Hall–Kier alpha value is -1.35. The van der Waals surface area contributed by atoms with Crippen LogP contribution in [-0.2, 0) is 0 Å². The van der Waals surface area contributed by atoms with Crippen LogP contribution in [0.25, 0.3) is 0 Å². The van der Waals surface area contributed by atoms with Crippen molar-refractivity contribution in [3.8, 4) is 5.75 Å². The summed E-state index contributed by atoms with van der Waals surface area (Å²) in [5.74, 6) is 0.151. The Balaban J connectivity index is 3.09. The highest BCUT2D eigenvalue weighted by Crippen LogP contribution is 2.28. The van der Waals surface area contributed by atoms with E-state index < -0.39 is 6.04 Å². The smallest absolute Gasteiger partial charge is 0.131 e. The summed E-state index contributed by atoms with van der Waals surface area (Å²) in [7, 11) is 1.50. The van der Waals surface area contributed by atoms with Gasteiger partial charge in [-0.3, -0.25) is 0 Å². The average Bonchev–Trinajstić information content (AvgIpc) is 2.17. The lowest BCUT2D eigenvalue weighted by molar-refractivity contribution is 0.399. The number of hydrogen-bond acceptors (Lipinski definition) is 2. The fraction of sp³-hybridized carbons (Fsp3) is 0.273. The maximum absolute atomic E-state index is 13.4. The highest BCUT2D eigenvalue weighted by atomic mass is 19.1. The summed E-state index contributed by atoms with van der Waals surface area (Å²) < 4.78 is 18.5. The van der Waals surface area contributed by atoms with Gasteiger partial charge in [-0.1, -0.05) is 12.1 Å². The predicted octanol–water partition coefficient (Wildman–Crippen LogP) is 2.41. The molecule has 1 atom stereocenters. The van der Waals surface area contributed by atoms with Crippen molar-refractivity contribution in [2.75, 3.05) is 7.11 Å². The summed E-state index contributed by atoms with van der Waals surface area (Å²) in [6.45, 7) is 3.57. The number of ether oxygens (including phenoxy) is 1. The Bertz CT molecular complexity index is 325. The molecule has 0 saturated carbocycles. The minimum absolute atomic E-state index is 0.335. The molecule has 0 spiro atoms. The summed E-state index contributed by atoms with van der Waals surface area (Å²) in [5.41, 5.74) is 6.20. The summed E-state index contributed by atoms with van der Waals surface area (Å²) >= 11 is 0. The number of hydrogen-bond donors (Lipinski definition) is 1. The van der Waals surface area contributed by atoms with Crippen molar-refractivity contribution in [2.45, 2.75) is 12.5 Å². The van der Waals surface area contributed by atoms with Crippen LogP contribution in [0.5, 0.6) is 5.75 Å². The van der Waals surface area contributed by atoms with Crippen molar-refractivity contribution >= 4 is 0 Å². The highest BCUT2D eigenvalue weighted by Gasteiger charge is 2.15. The van der Waals surface area contributed by atoms with Crippen LogP contribution < -0.4 is 10.5 Å². The minimum atomic E-state index is -0.399. The van der Waals surface area contributed by atoms with Crippen LogP contribution in [-0.4, -0.2) is 7.11 Å². The lowest BCUT2D eigenvalue weighted by Gasteiger charge is -2.14. The van der Waals surface area contributed by atoms with Crippen LogP contribution in [0.2, 0.25) is 0 Å². The molecule has 2 N–H and O–H groups in total. The van der Waals surface area contributed by atoms with Crippen molar-refractivity contribution in [1.82, 2.24) is 0 Å². The second-order valence-electron chi connectivity index (χ2n) is 2.99. The Morgan fingerprint density at radius 2 is 2.36 bits per heavy atom. The van der Waals surface area contributed by atoms with Gasteiger partial charge in [0.15, 0.2) is 0 Å². The SMILES string of the molecule is C=CC[C@@H](N)c1c(F)cccc1OC. The largest absolute Gasteiger partial charge is 0.496 e. The van der Waals surface area contributed by atoms with Gasteiger partial charge >= 0.3 is 0 Å². The van der Waals surface area contributed by atoms with Crippen LogP contribution in [0.4, 0.5) is 4.39 Å². The molecular weight excluding hydrogens is 181 g/mol. The van der Waals surface area contributed by atoms with E-state index in [-0.39, 0.29) is 5.82 Å². The van der Waals surface area contributed by atoms with Crippen LogP contribution in [0.15, 0.2) is 30.9 Å². The molecule has 2 nitrogen and oxygen atoms in total. The maximum atomic E-state index is 13.4. The number of nitrogens with two attached hydrogens (primary N) is 1. The third-order valence-electron chi connectivity index (χ3n) is 2.02. The minimum Gasteiger partial charge on any atom is -0.496 e. The molecular formula is C11H14FNO. The standard InChI is InChI=1S/C11H14FNO/c1-3-5-9(13)11-8(12)6-4-7-10(11)14-2/h3-4,6-7,9H,1,5,13H2,2H3/t9-/m1/s1. The third kappa shape index (κ3) is 2.12. The van der Waals surface area contributed by atoms with E-state index in [2.05, 4.69) is 6.58 Å². The van der Waals surface area contributed by atoms with Gasteiger partial charge in [-0.25, -0.2) is 4.39 Å². The van der Waals surface area contributed by atoms with Crippen LogP contribution in [0, 0.1) is 5.82 Å². The van der Waals surface area contributed by atoms with E-state index in [9.17, 15) is 4.39 Å². The average molecular weight is 195 g/mol. The highest BCUT2D eigenvalue weighted by molar-refractivity contribution is 5.37. The topological polar surface area (TPSA) is 35.2 Å². The quantitative estimate of drug-likeness (QED) is 0.749. The molecule has 76 valence electrons. The first-order valence-corrected chi connectivity index (χ1v) is 4.39. The number of halogens is 1. The first kappa shape index (κ1) is 10.7. The van der Waals surface area contributed by atoms with Gasteiger partial charge in [-0.2, -0.15) is 0 Å². The molecule has 0 aliphatic carbocycles. The van der Waals surface area contributed by atoms with Crippen LogP contribution in [0.1, 0.15) is 18.0 Å². The molecule has 0 fully saturated rings. The van der Waals surface area contributed by atoms with Crippen molar-refractivity contribution in [3.63, 3.8) is 0 Å². The molecule has 0 saturated heterocycles. The van der Waals surface area contributed by atoms with Crippen molar-refractivity contribution < 1.29 is 9.13 Å². The number of benzene rings is 1. The third-order valence-corrected chi connectivity index (χ3v) is 2.02. The monoisotopic (exact) mass is 195 g/mol. The first-order chi connectivity index (χ1) is 6.70. The molecule has 3 heteroatoms. The van der Waals surface area contributed by atoms with Gasteiger partial charge < -0.3 is 10.5 Å². The number of methoxy groups -OCH3 is 1. The molecule has 0 bridgehead atoms. The second-order valence-corrected chi connectivity index (χ2v) is 2.99. The van der Waals surface area contributed by atoms with Gasteiger partial charge in [-0.15, -0.1) is 6.58 Å². The number of rotatable bonds is 4. The van der Waals surface area contributed by atoms with Crippen molar-refractivity contribution in [2.24, 2.45) is 5.73 Å². The molecule has 1 aromatic rings. The Labute approximate surface area is 83.2 Å². The van der Waals surface area contributed by atoms with Gasteiger partial charge in [0.1, 0.15) is 11.6 Å². The lowest BCUT2D eigenvalue weighted by atomic mass is 10.0. The van der Waals surface area contributed by atoms with Gasteiger partial charge in [0.2, 0.25) is 0 Å². The molecule has 0 aliphatic rings. The lowest BCUT2D eigenvalue weighted by Crippen LogP contribution is -2.12. The van der Waals surface area contributed by atoms with E-state index >= 15 is 0 Å². The summed E-state index contributed by atoms with van der Waals surface area (Å²) in [6.07, 6.45) is 2.19. The van der Waals surface area contributed by atoms with Crippen LogP contribution >= 0.6 is 0 Å². The Kier molecular flexibility index (Phi) is 3.65. The zero-order valence-corrected chi connectivity index (χ0v) is 8.16. The molecule has 0 amide bonds.